The summed E-state index contributed by atoms with van der Waals surface area (Å²) in [5.74, 6) is 0.266. The lowest BCUT2D eigenvalue weighted by Crippen LogP contribution is -2.13. The molecule has 1 heterocycles. The minimum Gasteiger partial charge on any atom is -0.495 e. The van der Waals surface area contributed by atoms with E-state index in [9.17, 15) is 15.3 Å². The highest BCUT2D eigenvalue weighted by Gasteiger charge is 2.22. The Morgan fingerprint density at radius 3 is 2.54 bits per heavy atom. The maximum Gasteiger partial charge on any atom is 0.266 e. The number of halogens is 2. The van der Waals surface area contributed by atoms with E-state index in [1.165, 1.54) is 16.2 Å². The highest BCUT2D eigenvalue weighted by molar-refractivity contribution is 14.1. The lowest BCUT2D eigenvalue weighted by molar-refractivity contribution is -0.112. The summed E-state index contributed by atoms with van der Waals surface area (Å²) in [5.41, 5.74) is 2.33. The van der Waals surface area contributed by atoms with Crippen molar-refractivity contribution in [2.24, 2.45) is 0 Å². The first-order chi connectivity index (χ1) is 13.5. The predicted molar refractivity (Wildman–Crippen MR) is 126 cm³/mol. The number of carbonyl (C=O) groups is 1. The molecule has 142 valence electrons. The number of aryl methyl sites for hydroxylation is 1. The van der Waals surface area contributed by atoms with E-state index in [4.69, 9.17) is 4.74 Å². The SMILES string of the molecule is COc1c(I)cc(/C=C(\C#N)C(=O)Nc2sc3c(c2C#N)CCCC3)cc1I. The first kappa shape index (κ1) is 21.1. The first-order valence-corrected chi connectivity index (χ1v) is 11.5. The normalized spacial score (nSPS) is 13.2. The van der Waals surface area contributed by atoms with Gasteiger partial charge in [-0.25, -0.2) is 0 Å². The number of thiophene rings is 1. The predicted octanol–water partition coefficient (Wildman–Crippen LogP) is 5.26. The summed E-state index contributed by atoms with van der Waals surface area (Å²) in [7, 11) is 1.61. The summed E-state index contributed by atoms with van der Waals surface area (Å²) >= 11 is 5.77. The molecule has 1 amide bonds. The molecular weight excluding hydrogens is 600 g/mol. The Morgan fingerprint density at radius 1 is 1.25 bits per heavy atom. The number of fused-ring (bicyclic) bond motifs is 1. The van der Waals surface area contributed by atoms with Gasteiger partial charge in [0.25, 0.3) is 5.91 Å². The van der Waals surface area contributed by atoms with Crippen LogP contribution in [-0.2, 0) is 17.6 Å². The van der Waals surface area contributed by atoms with E-state index >= 15 is 0 Å². The molecule has 0 saturated heterocycles. The molecule has 0 spiro atoms. The summed E-state index contributed by atoms with van der Waals surface area (Å²) in [5, 5.41) is 22.3. The molecule has 0 radical (unpaired) electrons. The van der Waals surface area contributed by atoms with Crippen LogP contribution in [-0.4, -0.2) is 13.0 Å². The van der Waals surface area contributed by atoms with Gasteiger partial charge in [0, 0.05) is 4.88 Å². The van der Waals surface area contributed by atoms with Gasteiger partial charge in [0.1, 0.15) is 28.5 Å². The maximum absolute atomic E-state index is 12.7. The monoisotopic (exact) mass is 615 g/mol. The molecule has 0 saturated carbocycles. The molecule has 0 atom stereocenters. The summed E-state index contributed by atoms with van der Waals surface area (Å²) < 4.78 is 7.14. The molecule has 1 aromatic heterocycles. The number of rotatable bonds is 4. The van der Waals surface area contributed by atoms with Gasteiger partial charge in [-0.3, -0.25) is 4.79 Å². The molecule has 0 aliphatic heterocycles. The second kappa shape index (κ2) is 9.25. The molecule has 1 aliphatic rings. The van der Waals surface area contributed by atoms with Gasteiger partial charge in [-0.05, 0) is 100 Å². The number of nitrogens with zero attached hydrogens (tertiary/aromatic N) is 2. The molecule has 28 heavy (non-hydrogen) atoms. The van der Waals surface area contributed by atoms with E-state index in [-0.39, 0.29) is 5.57 Å². The zero-order valence-electron chi connectivity index (χ0n) is 14.9. The van der Waals surface area contributed by atoms with Crippen LogP contribution >= 0.6 is 56.5 Å². The van der Waals surface area contributed by atoms with Gasteiger partial charge < -0.3 is 10.1 Å². The molecule has 0 unspecified atom stereocenters. The average molecular weight is 615 g/mol. The number of methoxy groups -OCH3 is 1. The Bertz CT molecular complexity index is 1040. The molecule has 1 aliphatic carbocycles. The number of carbonyl (C=O) groups excluding carboxylic acids is 1. The number of anilines is 1. The van der Waals surface area contributed by atoms with Gasteiger partial charge in [0.05, 0.1) is 19.8 Å². The van der Waals surface area contributed by atoms with Crippen molar-refractivity contribution in [2.45, 2.75) is 25.7 Å². The minimum absolute atomic E-state index is 0.00738. The third-order valence-electron chi connectivity index (χ3n) is 4.41. The van der Waals surface area contributed by atoms with E-state index in [0.717, 1.165) is 49.7 Å². The van der Waals surface area contributed by atoms with Crippen LogP contribution in [0.25, 0.3) is 6.08 Å². The van der Waals surface area contributed by atoms with Crippen LogP contribution in [0.1, 0.15) is 34.4 Å². The van der Waals surface area contributed by atoms with Crippen LogP contribution in [0.15, 0.2) is 17.7 Å². The van der Waals surface area contributed by atoms with Crippen LogP contribution < -0.4 is 10.1 Å². The van der Waals surface area contributed by atoms with Gasteiger partial charge in [-0.2, -0.15) is 10.5 Å². The van der Waals surface area contributed by atoms with Crippen LogP contribution in [0, 0.1) is 29.8 Å². The fourth-order valence-corrected chi connectivity index (χ4v) is 6.61. The van der Waals surface area contributed by atoms with Gasteiger partial charge in [0.15, 0.2) is 0 Å². The zero-order chi connectivity index (χ0) is 20.3. The van der Waals surface area contributed by atoms with Gasteiger partial charge >= 0.3 is 0 Å². The minimum atomic E-state index is -0.501. The van der Waals surface area contributed by atoms with Crippen LogP contribution in [0.4, 0.5) is 5.00 Å². The first-order valence-electron chi connectivity index (χ1n) is 8.49. The fourth-order valence-electron chi connectivity index (χ4n) is 3.12. The largest absolute Gasteiger partial charge is 0.495 e. The Kier molecular flexibility index (Phi) is 6.96. The number of hydrogen-bond acceptors (Lipinski definition) is 5. The molecule has 0 bridgehead atoms. The number of nitriles is 2. The summed E-state index contributed by atoms with van der Waals surface area (Å²) in [6.07, 6.45) is 5.52. The molecule has 3 rings (SSSR count). The van der Waals surface area contributed by atoms with E-state index in [1.807, 2.05) is 18.2 Å². The zero-order valence-corrected chi connectivity index (χ0v) is 20.1. The summed E-state index contributed by atoms with van der Waals surface area (Å²) in [6, 6.07) is 7.91. The van der Waals surface area contributed by atoms with E-state index in [0.29, 0.717) is 10.6 Å². The van der Waals surface area contributed by atoms with E-state index < -0.39 is 5.91 Å². The summed E-state index contributed by atoms with van der Waals surface area (Å²) in [4.78, 5) is 13.9. The fraction of sp³-hybridized carbons (Fsp3) is 0.250. The molecular formula is C20H15I2N3O2S. The Balaban J connectivity index is 1.90. The highest BCUT2D eigenvalue weighted by atomic mass is 127. The number of nitrogens with one attached hydrogen (secondary N) is 1. The number of hydrogen-bond donors (Lipinski definition) is 1. The molecule has 5 nitrogen and oxygen atoms in total. The molecule has 8 heteroatoms. The number of benzene rings is 1. The van der Waals surface area contributed by atoms with Crippen LogP contribution in [0.5, 0.6) is 5.75 Å². The Hall–Kier alpha value is -1.63. The van der Waals surface area contributed by atoms with Gasteiger partial charge in [-0.1, -0.05) is 0 Å². The van der Waals surface area contributed by atoms with Crippen molar-refractivity contribution >= 4 is 73.5 Å². The second-order valence-electron chi connectivity index (χ2n) is 6.17. The van der Waals surface area contributed by atoms with E-state index in [1.54, 1.807) is 13.2 Å². The van der Waals surface area contributed by atoms with Crippen molar-refractivity contribution in [3.05, 3.63) is 46.4 Å². The number of ether oxygens (including phenoxy) is 1. The standard InChI is InChI=1S/C20H15I2N3O2S/c1-27-18-15(21)7-11(8-16(18)22)6-12(9-23)19(26)25-20-14(10-24)13-4-2-3-5-17(13)28-20/h6-8H,2-5H2,1H3,(H,25,26)/b12-6+. The Labute approximate surface area is 194 Å². The third kappa shape index (κ3) is 4.34. The van der Waals surface area contributed by atoms with Crippen molar-refractivity contribution in [2.75, 3.05) is 12.4 Å². The van der Waals surface area contributed by atoms with Crippen molar-refractivity contribution < 1.29 is 9.53 Å². The van der Waals surface area contributed by atoms with Crippen LogP contribution in [0.2, 0.25) is 0 Å². The van der Waals surface area contributed by atoms with Crippen molar-refractivity contribution in [3.63, 3.8) is 0 Å². The smallest absolute Gasteiger partial charge is 0.266 e. The molecule has 1 aromatic carbocycles. The molecule has 1 N–H and O–H groups in total. The van der Waals surface area contributed by atoms with Crippen molar-refractivity contribution in [1.29, 1.82) is 10.5 Å². The topological polar surface area (TPSA) is 85.9 Å². The molecule has 2 aromatic rings. The highest BCUT2D eigenvalue weighted by Crippen LogP contribution is 2.38. The average Bonchev–Trinajstić information content (AvgIpc) is 3.02. The summed E-state index contributed by atoms with van der Waals surface area (Å²) in [6.45, 7) is 0. The lowest BCUT2D eigenvalue weighted by atomic mass is 9.96. The third-order valence-corrected chi connectivity index (χ3v) is 7.22. The number of amides is 1. The second-order valence-corrected chi connectivity index (χ2v) is 9.60. The maximum atomic E-state index is 12.7. The van der Waals surface area contributed by atoms with Gasteiger partial charge in [-0.15, -0.1) is 11.3 Å². The van der Waals surface area contributed by atoms with E-state index in [2.05, 4.69) is 56.6 Å². The Morgan fingerprint density at radius 2 is 1.93 bits per heavy atom. The van der Waals surface area contributed by atoms with Crippen molar-refractivity contribution in [1.82, 2.24) is 0 Å². The van der Waals surface area contributed by atoms with Crippen molar-refractivity contribution in [3.8, 4) is 17.9 Å². The molecule has 0 fully saturated rings. The lowest BCUT2D eigenvalue weighted by Gasteiger charge is -2.09. The van der Waals surface area contributed by atoms with Crippen LogP contribution in [0.3, 0.4) is 0 Å². The quantitative estimate of drug-likeness (QED) is 0.289. The van der Waals surface area contributed by atoms with Gasteiger partial charge in [0.2, 0.25) is 0 Å².